The van der Waals surface area contributed by atoms with Crippen LogP contribution in [-0.4, -0.2) is 109 Å². The average Bonchev–Trinajstić information content (AvgIpc) is 1.65. The van der Waals surface area contributed by atoms with E-state index in [-0.39, 0.29) is 23.8 Å². The van der Waals surface area contributed by atoms with Crippen LogP contribution in [0.25, 0.3) is 66.9 Å². The van der Waals surface area contributed by atoms with E-state index in [2.05, 4.69) is 52.8 Å². The van der Waals surface area contributed by atoms with Crippen molar-refractivity contribution in [3.8, 4) is 68.3 Å². The van der Waals surface area contributed by atoms with Crippen LogP contribution in [-0.2, 0) is 38.8 Å². The van der Waals surface area contributed by atoms with E-state index >= 15 is 0 Å². The molecule has 1 aliphatic carbocycles. The molecule has 6 aromatic heterocycles. The van der Waals surface area contributed by atoms with Crippen LogP contribution in [0.5, 0.6) is 34.5 Å². The molecule has 1 aliphatic heterocycles. The van der Waals surface area contributed by atoms with E-state index in [1.165, 1.54) is 31.8 Å². The van der Waals surface area contributed by atoms with Gasteiger partial charge in [-0.25, -0.2) is 43.9 Å². The molecule has 1 saturated heterocycles. The number of fused-ring (bicyclic) bond motifs is 3. The number of anilines is 3. The summed E-state index contributed by atoms with van der Waals surface area (Å²) >= 11 is 0. The van der Waals surface area contributed by atoms with Crippen molar-refractivity contribution in [3.63, 3.8) is 0 Å². The summed E-state index contributed by atoms with van der Waals surface area (Å²) in [4.78, 5) is 62.2. The van der Waals surface area contributed by atoms with E-state index in [0.29, 0.717) is 132 Å². The zero-order valence-electron chi connectivity index (χ0n) is 56.4. The van der Waals surface area contributed by atoms with E-state index in [4.69, 9.17) is 51.4 Å². The lowest BCUT2D eigenvalue weighted by atomic mass is 10.0. The number of benzene rings is 6. The Hall–Kier alpha value is -11.9. The summed E-state index contributed by atoms with van der Waals surface area (Å²) in [6, 6.07) is 51.8. The van der Waals surface area contributed by atoms with Crippen LogP contribution in [0.4, 0.5) is 17.5 Å². The third kappa shape index (κ3) is 18.3. The fraction of sp³-hybridized carbons (Fsp3) is 0.289. The van der Waals surface area contributed by atoms with Gasteiger partial charge in [0.05, 0.1) is 48.3 Å². The normalized spacial score (nSPS) is 13.5. The van der Waals surface area contributed by atoms with E-state index in [1.54, 1.807) is 14.0 Å². The molecule has 1 atom stereocenters. The number of carbonyl (C=O) groups is 3. The molecular formula is C76H82N18O7. The number of carbonyl (C=O) groups excluding carboxylic acids is 3. The number of nitrogens with zero attached hydrogens (tertiary/aromatic N) is 12. The van der Waals surface area contributed by atoms with E-state index in [0.717, 1.165) is 103 Å². The van der Waals surface area contributed by atoms with Gasteiger partial charge in [0, 0.05) is 55.8 Å². The Morgan fingerprint density at radius 3 is 1.15 bits per heavy atom. The Bertz CT molecular complexity index is 4480. The minimum atomic E-state index is -0.0215. The molecule has 0 bridgehead atoms. The summed E-state index contributed by atoms with van der Waals surface area (Å²) < 4.78 is 28.5. The number of unbranched alkanes of at least 4 members (excludes halogenated alkanes) is 2. The summed E-state index contributed by atoms with van der Waals surface area (Å²) in [5.74, 6) is 6.26. The molecule has 2 aliphatic rings. The predicted octanol–water partition coefficient (Wildman–Crippen LogP) is 12.7. The molecule has 0 spiro atoms. The molecule has 101 heavy (non-hydrogen) atoms. The molecule has 518 valence electrons. The van der Waals surface area contributed by atoms with Crippen molar-refractivity contribution in [2.24, 2.45) is 5.92 Å². The highest BCUT2D eigenvalue weighted by Gasteiger charge is 2.24. The van der Waals surface area contributed by atoms with Crippen molar-refractivity contribution >= 4 is 68.3 Å². The number of ether oxygens (including phenoxy) is 4. The van der Waals surface area contributed by atoms with Gasteiger partial charge in [-0.3, -0.25) is 14.4 Å². The second-order valence-corrected chi connectivity index (χ2v) is 24.6. The monoisotopic (exact) mass is 1360 g/mol. The summed E-state index contributed by atoms with van der Waals surface area (Å²) in [7, 11) is 0. The van der Waals surface area contributed by atoms with Gasteiger partial charge >= 0.3 is 0 Å². The van der Waals surface area contributed by atoms with Crippen LogP contribution >= 0.6 is 0 Å². The number of nitrogen functional groups attached to an aromatic ring is 3. The number of amides is 3. The first kappa shape index (κ1) is 69.1. The van der Waals surface area contributed by atoms with E-state index in [1.807, 2.05) is 164 Å². The molecule has 25 nitrogen and oxygen atoms in total. The Kier molecular flexibility index (Phi) is 23.3. The average molecular weight is 1360 g/mol. The van der Waals surface area contributed by atoms with Crippen LogP contribution < -0.4 is 47.4 Å². The first-order valence-corrected chi connectivity index (χ1v) is 34.3. The number of rotatable bonds is 26. The third-order valence-corrected chi connectivity index (χ3v) is 17.3. The Morgan fingerprint density at radius 2 is 0.792 bits per heavy atom. The maximum Gasteiger partial charge on any atom is 0.222 e. The minimum Gasteiger partial charge on any atom is -0.457 e. The zero-order chi connectivity index (χ0) is 69.7. The number of hydrogen-bond acceptors (Lipinski definition) is 19. The molecule has 7 heterocycles. The zero-order valence-corrected chi connectivity index (χ0v) is 56.4. The lowest BCUT2D eigenvalue weighted by molar-refractivity contribution is -0.123. The molecule has 14 rings (SSSR count). The molecule has 6 aromatic carbocycles. The highest BCUT2D eigenvalue weighted by atomic mass is 16.5. The van der Waals surface area contributed by atoms with Gasteiger partial charge in [0.1, 0.15) is 88.0 Å². The minimum absolute atomic E-state index is 0.0215. The number of nitrogens with one attached hydrogen (secondary N) is 3. The molecule has 12 aromatic rings. The number of aromatic nitrogens is 12. The van der Waals surface area contributed by atoms with Crippen molar-refractivity contribution < 1.29 is 33.3 Å². The first-order chi connectivity index (χ1) is 49.5. The predicted molar refractivity (Wildman–Crippen MR) is 388 cm³/mol. The third-order valence-electron chi connectivity index (χ3n) is 17.3. The largest absolute Gasteiger partial charge is 0.457 e. The lowest BCUT2D eigenvalue weighted by Gasteiger charge is -2.10. The SMILES string of the molecule is CCCCCC(=O)NCCn1nc(-c2ccc(Oc3ccccc3)cc2)c2c(N)ncnc21.Nc1ncnc2c1c(-c1ccc(Oc3ccccc3)cc1)nn2CCNC(=O)CC1CCCC1.Nc1ncnc2c1c(-c1ccc(Oc3ccccc3)cc1)nn2CCNC(=O)CC1CCCO1. The summed E-state index contributed by atoms with van der Waals surface area (Å²) in [6.45, 7) is 5.68. The van der Waals surface area contributed by atoms with Gasteiger partial charge in [0.2, 0.25) is 17.7 Å². The molecule has 2 fully saturated rings. The van der Waals surface area contributed by atoms with Gasteiger partial charge in [0.25, 0.3) is 0 Å². The van der Waals surface area contributed by atoms with Gasteiger partial charge in [0.15, 0.2) is 16.9 Å². The van der Waals surface area contributed by atoms with E-state index < -0.39 is 0 Å². The van der Waals surface area contributed by atoms with Crippen LogP contribution in [0.3, 0.4) is 0 Å². The molecule has 25 heteroatoms. The maximum absolute atomic E-state index is 12.3. The Labute approximate surface area is 584 Å². The summed E-state index contributed by atoms with van der Waals surface area (Å²) in [5.41, 5.74) is 25.2. The van der Waals surface area contributed by atoms with Crippen molar-refractivity contribution in [2.45, 2.75) is 110 Å². The van der Waals surface area contributed by atoms with Gasteiger partial charge in [-0.1, -0.05) is 87.2 Å². The highest BCUT2D eigenvalue weighted by molar-refractivity contribution is 6.00. The first-order valence-electron chi connectivity index (χ1n) is 34.3. The highest BCUT2D eigenvalue weighted by Crippen LogP contribution is 2.36. The van der Waals surface area contributed by atoms with Gasteiger partial charge in [-0.2, -0.15) is 15.3 Å². The number of hydrogen-bond donors (Lipinski definition) is 6. The van der Waals surface area contributed by atoms with Crippen molar-refractivity contribution in [1.29, 1.82) is 0 Å². The smallest absolute Gasteiger partial charge is 0.222 e. The van der Waals surface area contributed by atoms with Gasteiger partial charge in [-0.15, -0.1) is 0 Å². The van der Waals surface area contributed by atoms with Crippen molar-refractivity contribution in [3.05, 3.63) is 183 Å². The van der Waals surface area contributed by atoms with Crippen LogP contribution in [0.1, 0.15) is 84.0 Å². The molecule has 3 amide bonds. The standard InChI is InChI=1S/C26H28N6O2.C25H26N6O3.C25H28N6O2/c27-25-23-24(19-10-12-21(13-11-19)34-20-8-2-1-3-9-20)31-32(26(23)30-17-29-25)15-14-28-22(33)16-18-6-4-5-7-18;26-24-22-23(17-8-10-19(11-9-17)34-18-5-2-1-3-6-18)30-31(25(22)29-16-28-24)13-12-27-21(32)15-20-7-4-14-33-20;1-2-3-5-10-21(32)27-15-16-31-25-22(24(26)28-17-29-25)23(30-31)18-11-13-20(14-12-18)33-19-8-6-4-7-9-19/h1-3,8-13,17-18H,4-7,14-16H2,(H,28,33)(H2,27,29,30);1-3,5-6,8-11,16,20H,4,7,12-15H2,(H,27,32)(H2,26,28,29);4,6-9,11-14,17H,2-3,5,10,15-16H2,1H3,(H,27,32)(H2,26,28,29). The lowest BCUT2D eigenvalue weighted by Crippen LogP contribution is -2.30. The Balaban J connectivity index is 0.000000143. The fourth-order valence-corrected chi connectivity index (χ4v) is 12.2. The molecule has 0 radical (unpaired) electrons. The fourth-order valence-electron chi connectivity index (χ4n) is 12.2. The van der Waals surface area contributed by atoms with Crippen LogP contribution in [0.15, 0.2) is 183 Å². The van der Waals surface area contributed by atoms with E-state index in [9.17, 15) is 14.4 Å². The quantitative estimate of drug-likeness (QED) is 0.0274. The molecule has 1 saturated carbocycles. The second kappa shape index (κ2) is 34.1. The second-order valence-electron chi connectivity index (χ2n) is 24.6. The van der Waals surface area contributed by atoms with Crippen molar-refractivity contribution in [1.82, 2.24) is 75.2 Å². The van der Waals surface area contributed by atoms with Crippen molar-refractivity contribution in [2.75, 3.05) is 43.4 Å². The Morgan fingerprint density at radius 1 is 0.436 bits per heavy atom. The van der Waals surface area contributed by atoms with Gasteiger partial charge < -0.3 is 52.1 Å². The maximum atomic E-state index is 12.3. The molecule has 1 unspecified atom stereocenters. The van der Waals surface area contributed by atoms with Crippen LogP contribution in [0.2, 0.25) is 0 Å². The topological polar surface area (TPSA) is 333 Å². The number of nitrogens with two attached hydrogens (primary N) is 3. The summed E-state index contributed by atoms with van der Waals surface area (Å²) in [6.07, 6.45) is 15.7. The van der Waals surface area contributed by atoms with Crippen LogP contribution in [0, 0.1) is 5.92 Å². The summed E-state index contributed by atoms with van der Waals surface area (Å²) in [5, 5.41) is 25.3. The molecule has 9 N–H and O–H groups in total. The molecular weight excluding hydrogens is 1280 g/mol. The van der Waals surface area contributed by atoms with Gasteiger partial charge in [-0.05, 0) is 147 Å². The number of para-hydroxylation sites is 3.